The molecule has 2 fully saturated rings. The third-order valence-electron chi connectivity index (χ3n) is 5.00. The van der Waals surface area contributed by atoms with Crippen LogP contribution in [0.25, 0.3) is 0 Å². The molecular formula is C18H23N5O2. The van der Waals surface area contributed by atoms with Gasteiger partial charge in [-0.1, -0.05) is 0 Å². The molecule has 7 nitrogen and oxygen atoms in total. The van der Waals surface area contributed by atoms with Crippen molar-refractivity contribution < 1.29 is 9.53 Å². The van der Waals surface area contributed by atoms with Gasteiger partial charge in [-0.05, 0) is 31.0 Å². The Hall–Kier alpha value is -2.41. The quantitative estimate of drug-likeness (QED) is 0.919. The van der Waals surface area contributed by atoms with Crippen molar-refractivity contribution in [2.45, 2.75) is 18.8 Å². The summed E-state index contributed by atoms with van der Waals surface area (Å²) in [6, 6.07) is 5.90. The van der Waals surface area contributed by atoms with Crippen LogP contribution in [0.3, 0.4) is 0 Å². The van der Waals surface area contributed by atoms with Crippen molar-refractivity contribution in [1.29, 1.82) is 0 Å². The Morgan fingerprint density at radius 3 is 2.80 bits per heavy atom. The van der Waals surface area contributed by atoms with Crippen molar-refractivity contribution in [1.82, 2.24) is 20.1 Å². The second-order valence-electron chi connectivity index (χ2n) is 6.61. The minimum Gasteiger partial charge on any atom is -0.378 e. The molecule has 0 bridgehead atoms. The second kappa shape index (κ2) is 7.23. The number of ether oxygens (including phenoxy) is 1. The van der Waals surface area contributed by atoms with E-state index in [0.29, 0.717) is 37.8 Å². The average Bonchev–Trinajstić information content (AvgIpc) is 3.23. The molecule has 25 heavy (non-hydrogen) atoms. The fourth-order valence-corrected chi connectivity index (χ4v) is 3.58. The maximum Gasteiger partial charge on any atom is 0.255 e. The molecule has 132 valence electrons. The Labute approximate surface area is 147 Å². The predicted octanol–water partition coefficient (Wildman–Crippen LogP) is 1.66. The number of carbonyl (C=O) groups is 1. The van der Waals surface area contributed by atoms with Crippen molar-refractivity contribution in [3.8, 4) is 0 Å². The van der Waals surface area contributed by atoms with Gasteiger partial charge in [0.25, 0.3) is 5.91 Å². The van der Waals surface area contributed by atoms with E-state index in [2.05, 4.69) is 20.1 Å². The minimum absolute atomic E-state index is 0.0383. The number of carbonyl (C=O) groups excluding carboxylic acids is 1. The Balaban J connectivity index is 1.43. The first-order valence-corrected chi connectivity index (χ1v) is 8.88. The second-order valence-corrected chi connectivity index (χ2v) is 6.61. The first-order chi connectivity index (χ1) is 12.3. The zero-order valence-electron chi connectivity index (χ0n) is 14.2. The molecule has 4 rings (SSSR count). The monoisotopic (exact) mass is 341 g/mol. The number of nitrogens with one attached hydrogen (secondary N) is 1. The van der Waals surface area contributed by atoms with Crippen LogP contribution < -0.4 is 4.90 Å². The molecule has 7 heteroatoms. The first-order valence-electron chi connectivity index (χ1n) is 8.88. The highest BCUT2D eigenvalue weighted by Gasteiger charge is 2.24. The molecule has 1 atom stereocenters. The number of H-pyrrole nitrogens is 1. The number of aromatic nitrogens is 3. The number of hydrogen-bond acceptors (Lipinski definition) is 5. The van der Waals surface area contributed by atoms with E-state index in [4.69, 9.17) is 4.74 Å². The molecule has 2 aliphatic heterocycles. The highest BCUT2D eigenvalue weighted by Crippen LogP contribution is 2.28. The van der Waals surface area contributed by atoms with E-state index in [1.54, 1.807) is 12.4 Å². The highest BCUT2D eigenvalue weighted by atomic mass is 16.5. The number of pyridine rings is 1. The lowest BCUT2D eigenvalue weighted by molar-refractivity contribution is 0.0302. The number of anilines is 1. The molecule has 0 aromatic carbocycles. The molecule has 2 saturated heterocycles. The first kappa shape index (κ1) is 16.1. The van der Waals surface area contributed by atoms with Crippen LogP contribution >= 0.6 is 0 Å². The Morgan fingerprint density at radius 2 is 2.08 bits per heavy atom. The van der Waals surface area contributed by atoms with E-state index in [9.17, 15) is 4.79 Å². The van der Waals surface area contributed by atoms with Gasteiger partial charge in [-0.15, -0.1) is 0 Å². The normalized spacial score (nSPS) is 21.4. The minimum atomic E-state index is 0.0383. The fourth-order valence-electron chi connectivity index (χ4n) is 3.58. The molecule has 1 N–H and O–H groups in total. The molecule has 2 aromatic heterocycles. The Kier molecular flexibility index (Phi) is 4.65. The molecule has 0 aliphatic carbocycles. The molecule has 4 heterocycles. The largest absolute Gasteiger partial charge is 0.378 e. The van der Waals surface area contributed by atoms with Crippen LogP contribution in [0.1, 0.15) is 34.8 Å². The van der Waals surface area contributed by atoms with Gasteiger partial charge in [0.1, 0.15) is 5.82 Å². The number of aromatic amines is 1. The van der Waals surface area contributed by atoms with Crippen LogP contribution in [0.2, 0.25) is 0 Å². The van der Waals surface area contributed by atoms with Gasteiger partial charge in [0.2, 0.25) is 0 Å². The zero-order valence-corrected chi connectivity index (χ0v) is 14.2. The van der Waals surface area contributed by atoms with Gasteiger partial charge in [-0.3, -0.25) is 9.89 Å². The van der Waals surface area contributed by atoms with Crippen LogP contribution in [0.5, 0.6) is 0 Å². The van der Waals surface area contributed by atoms with E-state index in [-0.39, 0.29) is 5.91 Å². The van der Waals surface area contributed by atoms with Gasteiger partial charge in [0, 0.05) is 50.2 Å². The van der Waals surface area contributed by atoms with Gasteiger partial charge in [-0.2, -0.15) is 5.10 Å². The molecule has 2 aromatic rings. The number of morpholine rings is 1. The Morgan fingerprint density at radius 1 is 1.20 bits per heavy atom. The molecule has 0 radical (unpaired) electrons. The molecule has 2 aliphatic rings. The van der Waals surface area contributed by atoms with Gasteiger partial charge in [0.05, 0.1) is 18.8 Å². The maximum absolute atomic E-state index is 12.5. The SMILES string of the molecule is O=C(c1ccc(N2CCCC(c3ccn[nH]3)C2)nc1)N1CCOCC1. The van der Waals surface area contributed by atoms with Gasteiger partial charge in [0.15, 0.2) is 0 Å². The van der Waals surface area contributed by atoms with Crippen LogP contribution in [0, 0.1) is 0 Å². The van der Waals surface area contributed by atoms with E-state index < -0.39 is 0 Å². The van der Waals surface area contributed by atoms with E-state index in [1.165, 1.54) is 5.69 Å². The Bertz CT molecular complexity index is 695. The number of piperidine rings is 1. The van der Waals surface area contributed by atoms with Gasteiger partial charge >= 0.3 is 0 Å². The number of hydrogen-bond donors (Lipinski definition) is 1. The molecule has 0 saturated carbocycles. The third-order valence-corrected chi connectivity index (χ3v) is 5.00. The summed E-state index contributed by atoms with van der Waals surface area (Å²) in [7, 11) is 0. The standard InChI is InChI=1S/C18H23N5O2/c24-18(22-8-10-25-11-9-22)14-3-4-17(19-12-14)23-7-1-2-15(13-23)16-5-6-20-21-16/h3-6,12,15H,1-2,7-11,13H2,(H,20,21). The summed E-state index contributed by atoms with van der Waals surface area (Å²) < 4.78 is 5.30. The lowest BCUT2D eigenvalue weighted by atomic mass is 9.95. The van der Waals surface area contributed by atoms with Crippen molar-refractivity contribution in [3.63, 3.8) is 0 Å². The van der Waals surface area contributed by atoms with Crippen LogP contribution in [0.4, 0.5) is 5.82 Å². The molecular weight excluding hydrogens is 318 g/mol. The maximum atomic E-state index is 12.5. The van der Waals surface area contributed by atoms with Gasteiger partial charge in [-0.25, -0.2) is 4.98 Å². The van der Waals surface area contributed by atoms with Crippen LogP contribution in [0.15, 0.2) is 30.6 Å². The number of rotatable bonds is 3. The van der Waals surface area contributed by atoms with Crippen LogP contribution in [-0.2, 0) is 4.74 Å². The van der Waals surface area contributed by atoms with Crippen molar-refractivity contribution in [2.75, 3.05) is 44.3 Å². The van der Waals surface area contributed by atoms with E-state index in [1.807, 2.05) is 23.1 Å². The summed E-state index contributed by atoms with van der Waals surface area (Å²) in [4.78, 5) is 21.2. The number of nitrogens with zero attached hydrogens (tertiary/aromatic N) is 4. The topological polar surface area (TPSA) is 74.4 Å². The summed E-state index contributed by atoms with van der Waals surface area (Å²) in [6.45, 7) is 4.44. The van der Waals surface area contributed by atoms with E-state index in [0.717, 1.165) is 31.7 Å². The molecule has 1 amide bonds. The summed E-state index contributed by atoms with van der Waals surface area (Å²) in [5, 5.41) is 7.14. The highest BCUT2D eigenvalue weighted by molar-refractivity contribution is 5.94. The van der Waals surface area contributed by atoms with Crippen molar-refractivity contribution in [2.24, 2.45) is 0 Å². The van der Waals surface area contributed by atoms with E-state index >= 15 is 0 Å². The smallest absolute Gasteiger partial charge is 0.255 e. The van der Waals surface area contributed by atoms with Crippen LogP contribution in [-0.4, -0.2) is 65.4 Å². The fraction of sp³-hybridized carbons (Fsp3) is 0.500. The number of amides is 1. The van der Waals surface area contributed by atoms with Crippen molar-refractivity contribution in [3.05, 3.63) is 41.9 Å². The average molecular weight is 341 g/mol. The summed E-state index contributed by atoms with van der Waals surface area (Å²) >= 11 is 0. The third kappa shape index (κ3) is 3.51. The summed E-state index contributed by atoms with van der Waals surface area (Å²) in [5.41, 5.74) is 1.83. The lowest BCUT2D eigenvalue weighted by Crippen LogP contribution is -2.40. The molecule has 1 unspecified atom stereocenters. The molecule has 0 spiro atoms. The lowest BCUT2D eigenvalue weighted by Gasteiger charge is -2.33. The summed E-state index contributed by atoms with van der Waals surface area (Å²) in [5.74, 6) is 1.42. The summed E-state index contributed by atoms with van der Waals surface area (Å²) in [6.07, 6.45) is 5.79. The predicted molar refractivity (Wildman–Crippen MR) is 93.7 cm³/mol. The van der Waals surface area contributed by atoms with Crippen molar-refractivity contribution >= 4 is 11.7 Å². The zero-order chi connectivity index (χ0) is 17.1. The van der Waals surface area contributed by atoms with Gasteiger partial charge < -0.3 is 14.5 Å².